The van der Waals surface area contributed by atoms with Crippen LogP contribution in [0.5, 0.6) is 0 Å². The number of hydrogen-bond acceptors (Lipinski definition) is 4. The molecule has 18 heavy (non-hydrogen) atoms. The number of fused-ring (bicyclic) bond motifs is 3. The van der Waals surface area contributed by atoms with Crippen molar-refractivity contribution in [3.8, 4) is 0 Å². The smallest absolute Gasteiger partial charge is 0.256 e. The molecule has 3 rings (SSSR count). The van der Waals surface area contributed by atoms with E-state index in [1.165, 1.54) is 0 Å². The zero-order chi connectivity index (χ0) is 12.9. The van der Waals surface area contributed by atoms with Gasteiger partial charge in [0, 0.05) is 22.1 Å². The molecule has 0 aliphatic carbocycles. The van der Waals surface area contributed by atoms with Gasteiger partial charge in [0.1, 0.15) is 0 Å². The van der Waals surface area contributed by atoms with Crippen molar-refractivity contribution in [3.05, 3.63) is 40.7 Å². The minimum absolute atomic E-state index is 0.207. The molecule has 0 saturated heterocycles. The summed E-state index contributed by atoms with van der Waals surface area (Å²) in [7, 11) is 0. The molecule has 2 aromatic carbocycles. The molecule has 0 aliphatic heterocycles. The number of nitrogen functional groups attached to an aromatic ring is 3. The van der Waals surface area contributed by atoms with Gasteiger partial charge in [0.05, 0.1) is 11.2 Å². The van der Waals surface area contributed by atoms with Crippen molar-refractivity contribution in [3.63, 3.8) is 0 Å². The molecule has 0 bridgehead atoms. The van der Waals surface area contributed by atoms with Gasteiger partial charge in [-0.25, -0.2) is 0 Å². The second-order valence-electron chi connectivity index (χ2n) is 4.29. The van der Waals surface area contributed by atoms with Crippen LogP contribution in [0.25, 0.3) is 21.7 Å². The molecular formula is C13H12N4O. The fourth-order valence-electron chi connectivity index (χ4n) is 2.21. The Hall–Kier alpha value is -2.69. The van der Waals surface area contributed by atoms with Gasteiger partial charge in [0.2, 0.25) is 0 Å². The van der Waals surface area contributed by atoms with Crippen molar-refractivity contribution in [1.29, 1.82) is 0 Å². The predicted molar refractivity (Wildman–Crippen MR) is 75.3 cm³/mol. The molecule has 0 saturated carbocycles. The minimum atomic E-state index is -0.207. The molecule has 7 N–H and O–H groups in total. The van der Waals surface area contributed by atoms with Crippen molar-refractivity contribution in [2.24, 2.45) is 0 Å². The first-order valence-corrected chi connectivity index (χ1v) is 5.46. The Labute approximate surface area is 102 Å². The van der Waals surface area contributed by atoms with Gasteiger partial charge in [0.15, 0.2) is 0 Å². The van der Waals surface area contributed by atoms with Crippen LogP contribution in [0, 0.1) is 0 Å². The normalized spacial score (nSPS) is 11.1. The SMILES string of the molecule is Nc1ccc2c(c1)c(=O)[nH]c1c(N)cc(N)cc12. The molecular weight excluding hydrogens is 228 g/mol. The van der Waals surface area contributed by atoms with Crippen LogP contribution in [-0.2, 0) is 0 Å². The van der Waals surface area contributed by atoms with E-state index in [1.807, 2.05) is 0 Å². The van der Waals surface area contributed by atoms with Gasteiger partial charge >= 0.3 is 0 Å². The lowest BCUT2D eigenvalue weighted by Crippen LogP contribution is -2.08. The Bertz CT molecular complexity index is 836. The summed E-state index contributed by atoms with van der Waals surface area (Å²) in [5.41, 5.74) is 19.3. The third-order valence-corrected chi connectivity index (χ3v) is 3.01. The summed E-state index contributed by atoms with van der Waals surface area (Å²) in [6, 6.07) is 8.62. The zero-order valence-corrected chi connectivity index (χ0v) is 9.53. The number of rotatable bonds is 0. The lowest BCUT2D eigenvalue weighted by molar-refractivity contribution is 1.34. The summed E-state index contributed by atoms with van der Waals surface area (Å²) in [5, 5.41) is 2.15. The average molecular weight is 240 g/mol. The van der Waals surface area contributed by atoms with E-state index in [4.69, 9.17) is 17.2 Å². The molecule has 0 unspecified atom stereocenters. The van der Waals surface area contributed by atoms with E-state index in [2.05, 4.69) is 4.98 Å². The standard InChI is InChI=1S/C13H12N4O/c14-6-1-2-8-9-4-7(15)5-11(16)12(9)17-13(18)10(8)3-6/h1-5H,14-16H2,(H,17,18). The van der Waals surface area contributed by atoms with E-state index in [1.54, 1.807) is 30.3 Å². The van der Waals surface area contributed by atoms with E-state index < -0.39 is 0 Å². The van der Waals surface area contributed by atoms with Crippen molar-refractivity contribution >= 4 is 38.7 Å². The fourth-order valence-corrected chi connectivity index (χ4v) is 2.21. The van der Waals surface area contributed by atoms with Gasteiger partial charge in [0.25, 0.3) is 5.56 Å². The fraction of sp³-hybridized carbons (Fsp3) is 0. The summed E-state index contributed by atoms with van der Waals surface area (Å²) in [4.78, 5) is 14.7. The zero-order valence-electron chi connectivity index (χ0n) is 9.53. The number of pyridine rings is 1. The third-order valence-electron chi connectivity index (χ3n) is 3.01. The molecule has 0 amide bonds. The topological polar surface area (TPSA) is 111 Å². The Kier molecular flexibility index (Phi) is 1.98. The van der Waals surface area contributed by atoms with Crippen molar-refractivity contribution in [2.75, 3.05) is 17.2 Å². The van der Waals surface area contributed by atoms with Gasteiger partial charge in [-0.15, -0.1) is 0 Å². The quantitative estimate of drug-likeness (QED) is 0.352. The lowest BCUT2D eigenvalue weighted by Gasteiger charge is -2.07. The average Bonchev–Trinajstić information content (AvgIpc) is 2.31. The Morgan fingerprint density at radius 2 is 1.56 bits per heavy atom. The summed E-state index contributed by atoms with van der Waals surface area (Å²) < 4.78 is 0. The van der Waals surface area contributed by atoms with Crippen LogP contribution < -0.4 is 22.8 Å². The number of nitrogens with two attached hydrogens (primary N) is 3. The lowest BCUT2D eigenvalue weighted by atomic mass is 10.0. The van der Waals surface area contributed by atoms with Gasteiger partial charge in [-0.05, 0) is 29.7 Å². The molecule has 0 atom stereocenters. The van der Waals surface area contributed by atoms with Gasteiger partial charge in [-0.2, -0.15) is 0 Å². The van der Waals surface area contributed by atoms with Crippen LogP contribution in [0.4, 0.5) is 17.1 Å². The highest BCUT2D eigenvalue weighted by atomic mass is 16.1. The number of aromatic amines is 1. The molecule has 0 spiro atoms. The Morgan fingerprint density at radius 1 is 0.833 bits per heavy atom. The number of H-pyrrole nitrogens is 1. The first-order chi connectivity index (χ1) is 8.56. The minimum Gasteiger partial charge on any atom is -0.399 e. The highest BCUT2D eigenvalue weighted by molar-refractivity contribution is 6.10. The molecule has 0 fully saturated rings. The molecule has 5 nitrogen and oxygen atoms in total. The highest BCUT2D eigenvalue weighted by Crippen LogP contribution is 2.28. The maximum atomic E-state index is 12.0. The Balaban J connectivity index is 2.65. The maximum Gasteiger partial charge on any atom is 0.256 e. The number of hydrogen-bond donors (Lipinski definition) is 4. The molecule has 1 heterocycles. The first-order valence-electron chi connectivity index (χ1n) is 5.46. The van der Waals surface area contributed by atoms with Crippen molar-refractivity contribution in [1.82, 2.24) is 4.98 Å². The van der Waals surface area contributed by atoms with Gasteiger partial charge in [-0.3, -0.25) is 4.79 Å². The maximum absolute atomic E-state index is 12.0. The van der Waals surface area contributed by atoms with E-state index in [0.717, 1.165) is 10.8 Å². The van der Waals surface area contributed by atoms with Gasteiger partial charge in [-0.1, -0.05) is 6.07 Å². The number of nitrogens with one attached hydrogen (secondary N) is 1. The summed E-state index contributed by atoms with van der Waals surface area (Å²) in [5.74, 6) is 0. The number of aromatic nitrogens is 1. The summed E-state index contributed by atoms with van der Waals surface area (Å²) in [6.07, 6.45) is 0. The number of benzene rings is 2. The number of anilines is 3. The van der Waals surface area contributed by atoms with E-state index in [0.29, 0.717) is 28.0 Å². The second kappa shape index (κ2) is 3.40. The van der Waals surface area contributed by atoms with E-state index in [-0.39, 0.29) is 5.56 Å². The predicted octanol–water partition coefficient (Wildman–Crippen LogP) is 1.43. The summed E-state index contributed by atoms with van der Waals surface area (Å²) >= 11 is 0. The molecule has 0 aliphatic rings. The van der Waals surface area contributed by atoms with Crippen molar-refractivity contribution < 1.29 is 0 Å². The third kappa shape index (κ3) is 1.37. The van der Waals surface area contributed by atoms with Crippen LogP contribution in [-0.4, -0.2) is 4.98 Å². The monoisotopic (exact) mass is 240 g/mol. The van der Waals surface area contributed by atoms with Crippen LogP contribution in [0.3, 0.4) is 0 Å². The van der Waals surface area contributed by atoms with E-state index >= 15 is 0 Å². The largest absolute Gasteiger partial charge is 0.399 e. The Morgan fingerprint density at radius 3 is 2.33 bits per heavy atom. The highest BCUT2D eigenvalue weighted by Gasteiger charge is 2.08. The van der Waals surface area contributed by atoms with Crippen LogP contribution in [0.1, 0.15) is 0 Å². The van der Waals surface area contributed by atoms with Crippen LogP contribution >= 0.6 is 0 Å². The molecule has 0 radical (unpaired) electrons. The van der Waals surface area contributed by atoms with Crippen LogP contribution in [0.15, 0.2) is 35.1 Å². The molecule has 90 valence electrons. The van der Waals surface area contributed by atoms with Crippen LogP contribution in [0.2, 0.25) is 0 Å². The second-order valence-corrected chi connectivity index (χ2v) is 4.29. The molecule has 5 heteroatoms. The van der Waals surface area contributed by atoms with Gasteiger partial charge < -0.3 is 22.2 Å². The molecule has 3 aromatic rings. The van der Waals surface area contributed by atoms with Crippen molar-refractivity contribution in [2.45, 2.75) is 0 Å². The molecule has 1 aromatic heterocycles. The summed E-state index contributed by atoms with van der Waals surface area (Å²) in [6.45, 7) is 0. The van der Waals surface area contributed by atoms with E-state index in [9.17, 15) is 4.79 Å². The first kappa shape index (κ1) is 10.5.